The minimum atomic E-state index is 0.578. The summed E-state index contributed by atoms with van der Waals surface area (Å²) in [5, 5.41) is 3.68. The van der Waals surface area contributed by atoms with Crippen LogP contribution in [0.2, 0.25) is 0 Å². The predicted octanol–water partition coefficient (Wildman–Crippen LogP) is 1.51. The van der Waals surface area contributed by atoms with E-state index in [0.29, 0.717) is 12.1 Å². The molecule has 3 heteroatoms. The minimum Gasteiger partial charge on any atom is -0.311 e. The maximum absolute atomic E-state index is 3.68. The molecule has 1 aromatic rings. The Morgan fingerprint density at radius 1 is 1.21 bits per heavy atom. The van der Waals surface area contributed by atoms with Crippen molar-refractivity contribution in [2.45, 2.75) is 24.9 Å². The van der Waals surface area contributed by atoms with Gasteiger partial charge in [-0.15, -0.1) is 0 Å². The van der Waals surface area contributed by atoms with Gasteiger partial charge in [-0.05, 0) is 38.1 Å². The number of fused-ring (bicyclic) bond motifs is 1. The summed E-state index contributed by atoms with van der Waals surface area (Å²) in [5.41, 5.74) is 3.10. The van der Waals surface area contributed by atoms with Crippen molar-refractivity contribution < 1.29 is 0 Å². The molecule has 1 aromatic carbocycles. The summed E-state index contributed by atoms with van der Waals surface area (Å²) in [5.74, 6) is 0. The normalized spacial score (nSPS) is 29.2. The first-order valence-corrected chi connectivity index (χ1v) is 7.44. The van der Waals surface area contributed by atoms with Crippen LogP contribution in [0, 0.1) is 0 Å². The monoisotopic (exact) mass is 259 g/mol. The summed E-state index contributed by atoms with van der Waals surface area (Å²) < 4.78 is 0. The fourth-order valence-electron chi connectivity index (χ4n) is 3.50. The third kappa shape index (κ3) is 2.83. The maximum atomic E-state index is 3.68. The zero-order chi connectivity index (χ0) is 13.2. The number of benzene rings is 1. The molecule has 0 spiro atoms. The number of likely N-dealkylation sites (N-methyl/N-ethyl adjacent to an activating group) is 2. The van der Waals surface area contributed by atoms with Gasteiger partial charge in [0.2, 0.25) is 0 Å². The van der Waals surface area contributed by atoms with Crippen LogP contribution in [0.15, 0.2) is 24.3 Å². The van der Waals surface area contributed by atoms with Gasteiger partial charge in [0.1, 0.15) is 0 Å². The zero-order valence-corrected chi connectivity index (χ0v) is 12.1. The third-order valence-corrected chi connectivity index (χ3v) is 4.65. The second-order valence-electron chi connectivity index (χ2n) is 6.09. The van der Waals surface area contributed by atoms with E-state index in [2.05, 4.69) is 53.5 Å². The molecule has 1 fully saturated rings. The first kappa shape index (κ1) is 13.1. The quantitative estimate of drug-likeness (QED) is 0.868. The lowest BCUT2D eigenvalue weighted by molar-refractivity contribution is 0.166. The molecule has 19 heavy (non-hydrogen) atoms. The molecule has 0 saturated carbocycles. The highest BCUT2D eigenvalue weighted by molar-refractivity contribution is 5.32. The van der Waals surface area contributed by atoms with Gasteiger partial charge in [-0.25, -0.2) is 0 Å². The molecule has 2 aliphatic rings. The van der Waals surface area contributed by atoms with Crippen LogP contribution in [0.4, 0.5) is 0 Å². The van der Waals surface area contributed by atoms with E-state index in [1.165, 1.54) is 32.5 Å². The molecule has 2 unspecified atom stereocenters. The SMILES string of the molecule is CN1CCNC(CC2c3ccccc3CCN2C)C1. The molecule has 2 atom stereocenters. The van der Waals surface area contributed by atoms with Crippen molar-refractivity contribution in [2.75, 3.05) is 40.3 Å². The summed E-state index contributed by atoms with van der Waals surface area (Å²) in [6.45, 7) is 4.66. The van der Waals surface area contributed by atoms with Gasteiger partial charge in [-0.2, -0.15) is 0 Å². The highest BCUT2D eigenvalue weighted by Crippen LogP contribution is 2.32. The van der Waals surface area contributed by atoms with Crippen LogP contribution in [-0.2, 0) is 6.42 Å². The molecular weight excluding hydrogens is 234 g/mol. The lowest BCUT2D eigenvalue weighted by atomic mass is 9.89. The molecule has 104 valence electrons. The Kier molecular flexibility index (Phi) is 3.87. The molecule has 0 radical (unpaired) electrons. The van der Waals surface area contributed by atoms with Crippen molar-refractivity contribution >= 4 is 0 Å². The van der Waals surface area contributed by atoms with Gasteiger partial charge in [0, 0.05) is 38.3 Å². The van der Waals surface area contributed by atoms with Crippen molar-refractivity contribution in [3.05, 3.63) is 35.4 Å². The summed E-state index contributed by atoms with van der Waals surface area (Å²) >= 11 is 0. The van der Waals surface area contributed by atoms with Gasteiger partial charge in [-0.1, -0.05) is 24.3 Å². The van der Waals surface area contributed by atoms with Crippen LogP contribution in [0.25, 0.3) is 0 Å². The summed E-state index contributed by atoms with van der Waals surface area (Å²) in [6, 6.07) is 10.2. The van der Waals surface area contributed by atoms with Crippen molar-refractivity contribution in [1.82, 2.24) is 15.1 Å². The van der Waals surface area contributed by atoms with E-state index < -0.39 is 0 Å². The van der Waals surface area contributed by atoms with Crippen LogP contribution in [0.5, 0.6) is 0 Å². The first-order valence-electron chi connectivity index (χ1n) is 7.44. The third-order valence-electron chi connectivity index (χ3n) is 4.65. The highest BCUT2D eigenvalue weighted by atomic mass is 15.2. The molecule has 0 aromatic heterocycles. The maximum Gasteiger partial charge on any atom is 0.0363 e. The minimum absolute atomic E-state index is 0.578. The highest BCUT2D eigenvalue weighted by Gasteiger charge is 2.28. The van der Waals surface area contributed by atoms with E-state index in [1.807, 2.05) is 0 Å². The molecule has 0 amide bonds. The standard InChI is InChI=1S/C16H25N3/c1-18-10-8-17-14(12-18)11-16-15-6-4-3-5-13(15)7-9-19(16)2/h3-6,14,16-17H,7-12H2,1-2H3. The molecule has 0 bridgehead atoms. The number of piperazine rings is 1. The molecule has 3 rings (SSSR count). The average molecular weight is 259 g/mol. The van der Waals surface area contributed by atoms with Crippen LogP contribution < -0.4 is 5.32 Å². The van der Waals surface area contributed by atoms with E-state index in [9.17, 15) is 0 Å². The van der Waals surface area contributed by atoms with Crippen molar-refractivity contribution in [1.29, 1.82) is 0 Å². The Labute approximate surface area is 116 Å². The lowest BCUT2D eigenvalue weighted by Crippen LogP contribution is -2.50. The number of hydrogen-bond acceptors (Lipinski definition) is 3. The molecule has 1 saturated heterocycles. The van der Waals surface area contributed by atoms with E-state index in [4.69, 9.17) is 0 Å². The molecule has 2 aliphatic heterocycles. The predicted molar refractivity (Wildman–Crippen MR) is 79.4 cm³/mol. The van der Waals surface area contributed by atoms with Gasteiger partial charge in [0.05, 0.1) is 0 Å². The molecule has 1 N–H and O–H groups in total. The number of rotatable bonds is 2. The van der Waals surface area contributed by atoms with Gasteiger partial charge in [-0.3, -0.25) is 4.90 Å². The topological polar surface area (TPSA) is 18.5 Å². The summed E-state index contributed by atoms with van der Waals surface area (Å²) in [7, 11) is 4.50. The van der Waals surface area contributed by atoms with E-state index in [0.717, 1.165) is 6.54 Å². The van der Waals surface area contributed by atoms with Crippen molar-refractivity contribution in [3.63, 3.8) is 0 Å². The molecule has 3 nitrogen and oxygen atoms in total. The van der Waals surface area contributed by atoms with Gasteiger partial charge in [0.25, 0.3) is 0 Å². The summed E-state index contributed by atoms with van der Waals surface area (Å²) in [4.78, 5) is 4.97. The first-order chi connectivity index (χ1) is 9.24. The largest absolute Gasteiger partial charge is 0.311 e. The fraction of sp³-hybridized carbons (Fsp3) is 0.625. The van der Waals surface area contributed by atoms with Crippen LogP contribution in [0.3, 0.4) is 0 Å². The van der Waals surface area contributed by atoms with Gasteiger partial charge >= 0.3 is 0 Å². The zero-order valence-electron chi connectivity index (χ0n) is 12.1. The molecule has 2 heterocycles. The Hall–Kier alpha value is -0.900. The van der Waals surface area contributed by atoms with E-state index in [-0.39, 0.29) is 0 Å². The smallest absolute Gasteiger partial charge is 0.0363 e. The van der Waals surface area contributed by atoms with Crippen molar-refractivity contribution in [2.24, 2.45) is 0 Å². The molecular formula is C16H25N3. The van der Waals surface area contributed by atoms with Crippen LogP contribution in [-0.4, -0.2) is 56.1 Å². The van der Waals surface area contributed by atoms with Crippen LogP contribution in [0.1, 0.15) is 23.6 Å². The Bertz CT molecular complexity index is 432. The molecule has 0 aliphatic carbocycles. The van der Waals surface area contributed by atoms with Crippen molar-refractivity contribution in [3.8, 4) is 0 Å². The van der Waals surface area contributed by atoms with E-state index >= 15 is 0 Å². The lowest BCUT2D eigenvalue weighted by Gasteiger charge is -2.39. The number of nitrogens with zero attached hydrogens (tertiary/aromatic N) is 2. The average Bonchev–Trinajstić information content (AvgIpc) is 2.42. The number of nitrogens with one attached hydrogen (secondary N) is 1. The second-order valence-corrected chi connectivity index (χ2v) is 6.09. The number of hydrogen-bond donors (Lipinski definition) is 1. The fourth-order valence-corrected chi connectivity index (χ4v) is 3.50. The Morgan fingerprint density at radius 2 is 2.05 bits per heavy atom. The Balaban J connectivity index is 1.76. The van der Waals surface area contributed by atoms with Crippen LogP contribution >= 0.6 is 0 Å². The summed E-state index contributed by atoms with van der Waals surface area (Å²) in [6.07, 6.45) is 2.42. The Morgan fingerprint density at radius 3 is 2.89 bits per heavy atom. The second kappa shape index (κ2) is 5.61. The van der Waals surface area contributed by atoms with Gasteiger partial charge in [0.15, 0.2) is 0 Å². The van der Waals surface area contributed by atoms with E-state index in [1.54, 1.807) is 11.1 Å². The van der Waals surface area contributed by atoms with Gasteiger partial charge < -0.3 is 10.2 Å².